The molecule has 2 saturated heterocycles. The van der Waals surface area contributed by atoms with E-state index in [0.717, 1.165) is 31.8 Å². The molecule has 3 atom stereocenters. The predicted molar refractivity (Wildman–Crippen MR) is 69.8 cm³/mol. The van der Waals surface area contributed by atoms with Gasteiger partial charge in [-0.2, -0.15) is 0 Å². The summed E-state index contributed by atoms with van der Waals surface area (Å²) in [7, 11) is 0. The number of rotatable bonds is 3. The minimum atomic E-state index is 0.386. The Morgan fingerprint density at radius 1 is 1.24 bits per heavy atom. The third kappa shape index (κ3) is 3.21. The molecule has 0 aromatic carbocycles. The number of nitrogens with zero attached hydrogens (tertiary/aromatic N) is 1. The van der Waals surface area contributed by atoms with Crippen LogP contribution in [0.25, 0.3) is 0 Å². The van der Waals surface area contributed by atoms with Crippen molar-refractivity contribution in [1.29, 1.82) is 0 Å². The van der Waals surface area contributed by atoms with Gasteiger partial charge >= 0.3 is 0 Å². The lowest BCUT2D eigenvalue weighted by atomic mass is 9.95. The molecule has 1 amide bonds. The summed E-state index contributed by atoms with van der Waals surface area (Å²) >= 11 is 0. The van der Waals surface area contributed by atoms with Gasteiger partial charge in [0, 0.05) is 18.5 Å². The molecule has 0 aromatic heterocycles. The van der Waals surface area contributed by atoms with Gasteiger partial charge in [-0.1, -0.05) is 0 Å². The van der Waals surface area contributed by atoms with Crippen LogP contribution in [-0.4, -0.2) is 36.0 Å². The van der Waals surface area contributed by atoms with Gasteiger partial charge in [-0.25, -0.2) is 0 Å². The van der Waals surface area contributed by atoms with Crippen molar-refractivity contribution in [3.8, 4) is 0 Å². The monoisotopic (exact) mass is 238 g/mol. The molecule has 0 aliphatic carbocycles. The zero-order valence-electron chi connectivity index (χ0n) is 11.2. The Kier molecular flexibility index (Phi) is 4.43. The lowest BCUT2D eigenvalue weighted by Gasteiger charge is -2.39. The van der Waals surface area contributed by atoms with Gasteiger partial charge in [-0.05, 0) is 65.0 Å². The second-order valence-corrected chi connectivity index (χ2v) is 5.83. The fourth-order valence-corrected chi connectivity index (χ4v) is 3.33. The molecule has 17 heavy (non-hydrogen) atoms. The summed E-state index contributed by atoms with van der Waals surface area (Å²) in [5.74, 6) is 1.12. The Hall–Kier alpha value is -0.570. The van der Waals surface area contributed by atoms with E-state index in [1.165, 1.54) is 25.7 Å². The molecule has 2 fully saturated rings. The molecule has 0 saturated carbocycles. The number of hydrogen-bond donors (Lipinski definition) is 1. The second-order valence-electron chi connectivity index (χ2n) is 5.83. The number of piperidine rings is 1. The minimum absolute atomic E-state index is 0.386. The molecule has 3 heteroatoms. The van der Waals surface area contributed by atoms with E-state index in [-0.39, 0.29) is 0 Å². The first-order valence-corrected chi connectivity index (χ1v) is 7.20. The quantitative estimate of drug-likeness (QED) is 0.817. The van der Waals surface area contributed by atoms with Crippen LogP contribution in [0.1, 0.15) is 52.4 Å². The fourth-order valence-electron chi connectivity index (χ4n) is 3.33. The molecule has 3 unspecified atom stereocenters. The Labute approximate surface area is 105 Å². The maximum absolute atomic E-state index is 12.3. The molecule has 2 aliphatic rings. The highest BCUT2D eigenvalue weighted by Gasteiger charge is 2.29. The average molecular weight is 238 g/mol. The lowest BCUT2D eigenvalue weighted by Crippen LogP contribution is -2.47. The van der Waals surface area contributed by atoms with Crippen LogP contribution in [0.15, 0.2) is 0 Å². The smallest absolute Gasteiger partial charge is 0.223 e. The number of amides is 1. The molecule has 2 aliphatic heterocycles. The Morgan fingerprint density at radius 3 is 2.53 bits per heavy atom. The lowest BCUT2D eigenvalue weighted by molar-refractivity contribution is -0.137. The summed E-state index contributed by atoms with van der Waals surface area (Å²) in [5, 5.41) is 3.37. The number of carbonyl (C=O) groups is 1. The van der Waals surface area contributed by atoms with Crippen LogP contribution in [0.4, 0.5) is 0 Å². The van der Waals surface area contributed by atoms with Crippen LogP contribution in [0.3, 0.4) is 0 Å². The van der Waals surface area contributed by atoms with E-state index < -0.39 is 0 Å². The Balaban J connectivity index is 1.80. The molecule has 0 bridgehead atoms. The van der Waals surface area contributed by atoms with E-state index in [1.54, 1.807) is 0 Å². The molecule has 2 heterocycles. The first kappa shape index (κ1) is 12.9. The van der Waals surface area contributed by atoms with Crippen molar-refractivity contribution in [3.05, 3.63) is 0 Å². The summed E-state index contributed by atoms with van der Waals surface area (Å²) in [6.45, 7) is 6.64. The van der Waals surface area contributed by atoms with E-state index in [1.807, 2.05) is 0 Å². The molecule has 0 spiro atoms. The predicted octanol–water partition coefficient (Wildman–Crippen LogP) is 2.17. The van der Waals surface area contributed by atoms with Gasteiger partial charge < -0.3 is 10.2 Å². The van der Waals surface area contributed by atoms with Gasteiger partial charge in [0.2, 0.25) is 5.91 Å². The van der Waals surface area contributed by atoms with Gasteiger partial charge in [0.1, 0.15) is 0 Å². The number of nitrogens with one attached hydrogen (secondary N) is 1. The standard InChI is InChI=1S/C14H26N2O/c1-11-4-3-5-12(2)16(11)14(17)7-6-13-8-9-15-10-13/h11-13,15H,3-10H2,1-2H3. The van der Waals surface area contributed by atoms with Crippen molar-refractivity contribution in [3.63, 3.8) is 0 Å². The molecule has 3 nitrogen and oxygen atoms in total. The number of hydrogen-bond acceptors (Lipinski definition) is 2. The molecular weight excluding hydrogens is 212 g/mol. The van der Waals surface area contributed by atoms with Crippen molar-refractivity contribution in [1.82, 2.24) is 10.2 Å². The van der Waals surface area contributed by atoms with E-state index in [9.17, 15) is 4.79 Å². The van der Waals surface area contributed by atoms with Crippen molar-refractivity contribution < 1.29 is 4.79 Å². The first-order chi connectivity index (χ1) is 8.18. The van der Waals surface area contributed by atoms with Crippen molar-refractivity contribution in [2.45, 2.75) is 64.5 Å². The molecule has 0 radical (unpaired) electrons. The SMILES string of the molecule is CC1CCCC(C)N1C(=O)CCC1CCNC1. The molecule has 1 N–H and O–H groups in total. The van der Waals surface area contributed by atoms with Crippen molar-refractivity contribution >= 4 is 5.91 Å². The van der Waals surface area contributed by atoms with Crippen LogP contribution in [-0.2, 0) is 4.79 Å². The van der Waals surface area contributed by atoms with Crippen LogP contribution < -0.4 is 5.32 Å². The topological polar surface area (TPSA) is 32.3 Å². The van der Waals surface area contributed by atoms with Crippen molar-refractivity contribution in [2.24, 2.45) is 5.92 Å². The third-order valence-electron chi connectivity index (χ3n) is 4.41. The highest BCUT2D eigenvalue weighted by molar-refractivity contribution is 5.77. The number of carbonyl (C=O) groups excluding carboxylic acids is 1. The molecule has 2 rings (SSSR count). The molecular formula is C14H26N2O. The average Bonchev–Trinajstić information content (AvgIpc) is 2.79. The summed E-state index contributed by atoms with van der Waals surface area (Å²) in [5.41, 5.74) is 0. The van der Waals surface area contributed by atoms with Crippen molar-refractivity contribution in [2.75, 3.05) is 13.1 Å². The van der Waals surface area contributed by atoms with E-state index in [4.69, 9.17) is 0 Å². The Bertz CT molecular complexity index is 251. The van der Waals surface area contributed by atoms with Gasteiger partial charge in [0.25, 0.3) is 0 Å². The highest BCUT2D eigenvalue weighted by atomic mass is 16.2. The Morgan fingerprint density at radius 2 is 1.94 bits per heavy atom. The van der Waals surface area contributed by atoms with Gasteiger partial charge in [-0.15, -0.1) is 0 Å². The van der Waals surface area contributed by atoms with Gasteiger partial charge in [0.05, 0.1) is 0 Å². The third-order valence-corrected chi connectivity index (χ3v) is 4.41. The minimum Gasteiger partial charge on any atom is -0.337 e. The summed E-state index contributed by atoms with van der Waals surface area (Å²) in [6, 6.07) is 0.904. The van der Waals surface area contributed by atoms with Crippen LogP contribution in [0.5, 0.6) is 0 Å². The normalized spacial score (nSPS) is 34.0. The maximum Gasteiger partial charge on any atom is 0.223 e. The zero-order valence-corrected chi connectivity index (χ0v) is 11.2. The zero-order chi connectivity index (χ0) is 12.3. The van der Waals surface area contributed by atoms with Gasteiger partial charge in [-0.3, -0.25) is 4.79 Å². The van der Waals surface area contributed by atoms with E-state index in [2.05, 4.69) is 24.1 Å². The fraction of sp³-hybridized carbons (Fsp3) is 0.929. The number of likely N-dealkylation sites (tertiary alicyclic amines) is 1. The van der Waals surface area contributed by atoms with Crippen LogP contribution in [0.2, 0.25) is 0 Å². The van der Waals surface area contributed by atoms with E-state index >= 15 is 0 Å². The second kappa shape index (κ2) is 5.85. The largest absolute Gasteiger partial charge is 0.337 e. The van der Waals surface area contributed by atoms with E-state index in [0.29, 0.717) is 18.0 Å². The summed E-state index contributed by atoms with van der Waals surface area (Å²) in [6.07, 6.45) is 6.71. The summed E-state index contributed by atoms with van der Waals surface area (Å²) < 4.78 is 0. The highest BCUT2D eigenvalue weighted by Crippen LogP contribution is 2.24. The molecule has 98 valence electrons. The summed E-state index contributed by atoms with van der Waals surface area (Å²) in [4.78, 5) is 14.4. The molecule has 0 aromatic rings. The van der Waals surface area contributed by atoms with Crippen LogP contribution in [0, 0.1) is 5.92 Å². The van der Waals surface area contributed by atoms with Gasteiger partial charge in [0.15, 0.2) is 0 Å². The maximum atomic E-state index is 12.3. The first-order valence-electron chi connectivity index (χ1n) is 7.20. The van der Waals surface area contributed by atoms with Crippen LogP contribution >= 0.6 is 0 Å².